The van der Waals surface area contributed by atoms with E-state index in [1.54, 1.807) is 29.1 Å². The molecule has 21 heavy (non-hydrogen) atoms. The van der Waals surface area contributed by atoms with Crippen molar-refractivity contribution in [3.05, 3.63) is 36.2 Å². The minimum atomic E-state index is -3.71. The molecule has 1 N–H and O–H groups in total. The van der Waals surface area contributed by atoms with E-state index >= 15 is 0 Å². The van der Waals surface area contributed by atoms with Gasteiger partial charge >= 0.3 is 0 Å². The van der Waals surface area contributed by atoms with Crippen LogP contribution >= 0.6 is 0 Å². The van der Waals surface area contributed by atoms with Gasteiger partial charge in [-0.05, 0) is 35.4 Å². The van der Waals surface area contributed by atoms with E-state index in [0.717, 1.165) is 5.69 Å². The second kappa shape index (κ2) is 5.26. The molecule has 8 nitrogen and oxygen atoms in total. The van der Waals surface area contributed by atoms with Crippen molar-refractivity contribution >= 4 is 21.1 Å². The van der Waals surface area contributed by atoms with Crippen molar-refractivity contribution in [1.82, 2.24) is 24.8 Å². The Hall–Kier alpha value is -2.26. The van der Waals surface area contributed by atoms with Gasteiger partial charge in [0.15, 0.2) is 5.52 Å². The van der Waals surface area contributed by atoms with Gasteiger partial charge in [0.2, 0.25) is 10.0 Å². The van der Waals surface area contributed by atoms with Crippen LogP contribution in [0.3, 0.4) is 0 Å². The van der Waals surface area contributed by atoms with Gasteiger partial charge in [-0.3, -0.25) is 4.68 Å². The first-order chi connectivity index (χ1) is 10.1. The third kappa shape index (κ3) is 2.52. The molecule has 0 saturated heterocycles. The van der Waals surface area contributed by atoms with Crippen LogP contribution < -0.4 is 4.72 Å². The fraction of sp³-hybridized carbons (Fsp3) is 0.250. The number of nitrogens with one attached hydrogen (secondary N) is 1. The second-order valence-electron chi connectivity index (χ2n) is 4.35. The van der Waals surface area contributed by atoms with E-state index in [2.05, 4.69) is 24.8 Å². The molecule has 1 aromatic carbocycles. The van der Waals surface area contributed by atoms with Crippen molar-refractivity contribution in [3.63, 3.8) is 0 Å². The SMILES string of the molecule is CCn1nccc1CNS(=O)(=O)c1cccc2nonc12. The van der Waals surface area contributed by atoms with Crippen LogP contribution in [0.1, 0.15) is 12.6 Å². The van der Waals surface area contributed by atoms with E-state index in [-0.39, 0.29) is 17.0 Å². The maximum Gasteiger partial charge on any atom is 0.243 e. The number of nitrogens with zero attached hydrogens (tertiary/aromatic N) is 4. The van der Waals surface area contributed by atoms with Crippen LogP contribution in [0.2, 0.25) is 0 Å². The van der Waals surface area contributed by atoms with E-state index < -0.39 is 10.0 Å². The summed E-state index contributed by atoms with van der Waals surface area (Å²) in [5.41, 5.74) is 1.40. The zero-order chi connectivity index (χ0) is 14.9. The van der Waals surface area contributed by atoms with Crippen molar-refractivity contribution in [1.29, 1.82) is 0 Å². The molecule has 0 aliphatic heterocycles. The van der Waals surface area contributed by atoms with Crippen molar-refractivity contribution in [2.24, 2.45) is 0 Å². The largest absolute Gasteiger partial charge is 0.269 e. The highest BCUT2D eigenvalue weighted by atomic mass is 32.2. The molecule has 0 bridgehead atoms. The molecular formula is C12H13N5O3S. The molecule has 9 heteroatoms. The fourth-order valence-corrected chi connectivity index (χ4v) is 3.19. The molecule has 2 aromatic heterocycles. The number of aryl methyl sites for hydroxylation is 1. The molecule has 0 spiro atoms. The summed E-state index contributed by atoms with van der Waals surface area (Å²) in [6.45, 7) is 2.76. The van der Waals surface area contributed by atoms with Crippen LogP contribution in [0.4, 0.5) is 0 Å². The number of benzene rings is 1. The molecule has 0 fully saturated rings. The predicted molar refractivity (Wildman–Crippen MR) is 73.7 cm³/mol. The standard InChI is InChI=1S/C12H13N5O3S/c1-2-17-9(6-7-13-17)8-14-21(18,19)11-5-3-4-10-12(11)16-20-15-10/h3-7,14H,2,8H2,1H3. The predicted octanol–water partition coefficient (Wildman–Crippen LogP) is 0.918. The monoisotopic (exact) mass is 307 g/mol. The molecule has 0 amide bonds. The van der Waals surface area contributed by atoms with Crippen molar-refractivity contribution in [2.45, 2.75) is 24.9 Å². The summed E-state index contributed by atoms with van der Waals surface area (Å²) >= 11 is 0. The van der Waals surface area contributed by atoms with Gasteiger partial charge in [-0.25, -0.2) is 17.8 Å². The Morgan fingerprint density at radius 2 is 2.14 bits per heavy atom. The Balaban J connectivity index is 1.89. The average molecular weight is 307 g/mol. The number of aromatic nitrogens is 4. The van der Waals surface area contributed by atoms with Gasteiger partial charge in [0.05, 0.1) is 12.2 Å². The third-order valence-electron chi connectivity index (χ3n) is 3.09. The van der Waals surface area contributed by atoms with Crippen LogP contribution in [0.25, 0.3) is 11.0 Å². The van der Waals surface area contributed by atoms with Crippen molar-refractivity contribution in [3.8, 4) is 0 Å². The molecule has 0 atom stereocenters. The Morgan fingerprint density at radius 3 is 2.95 bits per heavy atom. The van der Waals surface area contributed by atoms with Gasteiger partial charge in [0, 0.05) is 12.7 Å². The lowest BCUT2D eigenvalue weighted by atomic mass is 10.3. The Bertz CT molecular complexity index is 868. The highest BCUT2D eigenvalue weighted by Gasteiger charge is 2.20. The highest BCUT2D eigenvalue weighted by molar-refractivity contribution is 7.89. The molecule has 110 valence electrons. The fourth-order valence-electron chi connectivity index (χ4n) is 2.04. The number of rotatable bonds is 5. The van der Waals surface area contributed by atoms with Gasteiger partial charge in [-0.1, -0.05) is 6.07 Å². The smallest absolute Gasteiger partial charge is 0.243 e. The normalized spacial score (nSPS) is 12.0. The first-order valence-electron chi connectivity index (χ1n) is 6.33. The molecule has 2 heterocycles. The topological polar surface area (TPSA) is 103 Å². The highest BCUT2D eigenvalue weighted by Crippen LogP contribution is 2.19. The Morgan fingerprint density at radius 1 is 1.29 bits per heavy atom. The summed E-state index contributed by atoms with van der Waals surface area (Å²) in [5, 5.41) is 11.4. The summed E-state index contributed by atoms with van der Waals surface area (Å²) in [6, 6.07) is 6.46. The van der Waals surface area contributed by atoms with E-state index in [1.807, 2.05) is 6.92 Å². The van der Waals surface area contributed by atoms with E-state index in [1.165, 1.54) is 6.07 Å². The van der Waals surface area contributed by atoms with Crippen LogP contribution in [0, 0.1) is 0 Å². The van der Waals surface area contributed by atoms with Crippen LogP contribution in [0.5, 0.6) is 0 Å². The lowest BCUT2D eigenvalue weighted by Crippen LogP contribution is -2.25. The molecule has 0 radical (unpaired) electrons. The molecular weight excluding hydrogens is 294 g/mol. The Labute approximate surface area is 120 Å². The van der Waals surface area contributed by atoms with Crippen molar-refractivity contribution < 1.29 is 13.0 Å². The second-order valence-corrected chi connectivity index (χ2v) is 6.09. The number of hydrogen-bond acceptors (Lipinski definition) is 6. The van der Waals surface area contributed by atoms with E-state index in [9.17, 15) is 8.42 Å². The summed E-state index contributed by atoms with van der Waals surface area (Å²) in [4.78, 5) is 0.0452. The summed E-state index contributed by atoms with van der Waals surface area (Å²) in [5.74, 6) is 0. The molecule has 0 aliphatic rings. The average Bonchev–Trinajstić information content (AvgIpc) is 3.12. The van der Waals surface area contributed by atoms with Gasteiger partial charge < -0.3 is 0 Å². The number of fused-ring (bicyclic) bond motifs is 1. The minimum absolute atomic E-state index is 0.0452. The summed E-state index contributed by atoms with van der Waals surface area (Å²) in [6.07, 6.45) is 1.63. The Kier molecular flexibility index (Phi) is 3.43. The maximum absolute atomic E-state index is 12.4. The molecule has 0 aliphatic carbocycles. The third-order valence-corrected chi connectivity index (χ3v) is 4.52. The molecule has 0 saturated carbocycles. The quantitative estimate of drug-likeness (QED) is 0.751. The zero-order valence-electron chi connectivity index (χ0n) is 11.2. The summed E-state index contributed by atoms with van der Waals surface area (Å²) in [7, 11) is -3.71. The lowest BCUT2D eigenvalue weighted by Gasteiger charge is -2.08. The van der Waals surface area contributed by atoms with E-state index in [0.29, 0.717) is 12.1 Å². The van der Waals surface area contributed by atoms with Gasteiger partial charge in [0.1, 0.15) is 10.4 Å². The van der Waals surface area contributed by atoms with Crippen LogP contribution in [-0.4, -0.2) is 28.5 Å². The van der Waals surface area contributed by atoms with Crippen molar-refractivity contribution in [2.75, 3.05) is 0 Å². The number of hydrogen-bond donors (Lipinski definition) is 1. The van der Waals surface area contributed by atoms with Crippen LogP contribution in [0.15, 0.2) is 40.0 Å². The molecule has 0 unspecified atom stereocenters. The first kappa shape index (κ1) is 13.7. The first-order valence-corrected chi connectivity index (χ1v) is 7.82. The molecule has 3 rings (SSSR count). The van der Waals surface area contributed by atoms with Gasteiger partial charge in [-0.15, -0.1) is 0 Å². The van der Waals surface area contributed by atoms with Gasteiger partial charge in [0.25, 0.3) is 0 Å². The number of sulfonamides is 1. The van der Waals surface area contributed by atoms with E-state index in [4.69, 9.17) is 0 Å². The van der Waals surface area contributed by atoms with Crippen LogP contribution in [-0.2, 0) is 23.1 Å². The maximum atomic E-state index is 12.4. The lowest BCUT2D eigenvalue weighted by molar-refractivity contribution is 0.315. The molecule has 3 aromatic rings. The zero-order valence-corrected chi connectivity index (χ0v) is 12.0. The summed E-state index contributed by atoms with van der Waals surface area (Å²) < 4.78 is 33.6. The minimum Gasteiger partial charge on any atom is -0.269 e. The van der Waals surface area contributed by atoms with Gasteiger partial charge in [-0.2, -0.15) is 5.10 Å².